The maximum Gasteiger partial charge on any atom is 0.261 e. The average Bonchev–Trinajstić information content (AvgIpc) is 2.86. The maximum absolute atomic E-state index is 11.8. The van der Waals surface area contributed by atoms with E-state index in [-0.39, 0.29) is 11.7 Å². The maximum atomic E-state index is 11.8. The number of rotatable bonds is 3. The predicted molar refractivity (Wildman–Crippen MR) is 64.0 cm³/mol. The van der Waals surface area contributed by atoms with E-state index in [9.17, 15) is 9.59 Å². The molecule has 0 spiro atoms. The number of hydrogen-bond acceptors (Lipinski definition) is 3. The molecule has 0 unspecified atom stereocenters. The van der Waals surface area contributed by atoms with Crippen molar-refractivity contribution in [1.82, 2.24) is 5.32 Å². The van der Waals surface area contributed by atoms with Gasteiger partial charge in [0.2, 0.25) is 0 Å². The van der Waals surface area contributed by atoms with Crippen molar-refractivity contribution in [2.24, 2.45) is 0 Å². The van der Waals surface area contributed by atoms with Crippen LogP contribution in [0.25, 0.3) is 0 Å². The van der Waals surface area contributed by atoms with E-state index in [1.807, 2.05) is 0 Å². The zero-order valence-corrected chi connectivity index (χ0v) is 10.1. The third-order valence-corrected chi connectivity index (χ3v) is 4.05. The molecule has 1 aliphatic carbocycles. The predicted octanol–water partition coefficient (Wildman–Crippen LogP) is 2.62. The van der Waals surface area contributed by atoms with Crippen molar-refractivity contribution < 1.29 is 9.59 Å². The molecule has 0 aliphatic heterocycles. The molecule has 0 bridgehead atoms. The summed E-state index contributed by atoms with van der Waals surface area (Å²) in [7, 11) is 0. The fraction of sp³-hybridized carbons (Fsp3) is 0.500. The second kappa shape index (κ2) is 4.78. The Labute approximate surface area is 98.9 Å². The molecule has 3 nitrogen and oxygen atoms in total. The van der Waals surface area contributed by atoms with Gasteiger partial charge in [-0.25, -0.2) is 0 Å². The zero-order valence-electron chi connectivity index (χ0n) is 9.29. The lowest BCUT2D eigenvalue weighted by Gasteiger charge is -2.10. The van der Waals surface area contributed by atoms with E-state index in [0.717, 1.165) is 12.8 Å². The molecule has 16 heavy (non-hydrogen) atoms. The van der Waals surface area contributed by atoms with E-state index in [1.54, 1.807) is 12.1 Å². The van der Waals surface area contributed by atoms with Crippen molar-refractivity contribution in [3.05, 3.63) is 21.9 Å². The molecule has 86 valence electrons. The number of amides is 1. The Hall–Kier alpha value is -1.16. The number of thiophene rings is 1. The van der Waals surface area contributed by atoms with Crippen LogP contribution in [0.15, 0.2) is 12.1 Å². The molecule has 1 aromatic rings. The fourth-order valence-electron chi connectivity index (χ4n) is 1.98. The number of nitrogens with one attached hydrogen (secondary N) is 1. The van der Waals surface area contributed by atoms with Gasteiger partial charge in [-0.2, -0.15) is 0 Å². The molecule has 1 heterocycles. The lowest BCUT2D eigenvalue weighted by Crippen LogP contribution is -2.31. The summed E-state index contributed by atoms with van der Waals surface area (Å²) in [6.45, 7) is 1.52. The standard InChI is InChI=1S/C12H15NO2S/c1-8(14)10-6-7-11(16-10)12(15)13-9-4-2-3-5-9/h6-7,9H,2-5H2,1H3,(H,13,15). The average molecular weight is 237 g/mol. The quantitative estimate of drug-likeness (QED) is 0.821. The minimum atomic E-state index is -0.0376. The van der Waals surface area contributed by atoms with Gasteiger partial charge in [-0.3, -0.25) is 9.59 Å². The van der Waals surface area contributed by atoms with Crippen molar-refractivity contribution in [2.75, 3.05) is 0 Å². The first-order valence-corrected chi connectivity index (χ1v) is 6.40. The van der Waals surface area contributed by atoms with E-state index < -0.39 is 0 Å². The molecule has 1 aliphatic rings. The monoisotopic (exact) mass is 237 g/mol. The van der Waals surface area contributed by atoms with Crippen LogP contribution in [0.5, 0.6) is 0 Å². The van der Waals surface area contributed by atoms with Gasteiger partial charge < -0.3 is 5.32 Å². The van der Waals surface area contributed by atoms with Crippen LogP contribution >= 0.6 is 11.3 Å². The molecule has 1 amide bonds. The highest BCUT2D eigenvalue weighted by Gasteiger charge is 2.19. The second-order valence-electron chi connectivity index (χ2n) is 4.17. The molecule has 1 saturated carbocycles. The van der Waals surface area contributed by atoms with Crippen LogP contribution in [0, 0.1) is 0 Å². The van der Waals surface area contributed by atoms with Crippen LogP contribution in [0.1, 0.15) is 52.0 Å². The minimum absolute atomic E-state index is 0.0184. The Morgan fingerprint density at radius 1 is 1.25 bits per heavy atom. The van der Waals surface area contributed by atoms with Gasteiger partial charge in [0.25, 0.3) is 5.91 Å². The SMILES string of the molecule is CC(=O)c1ccc(C(=O)NC2CCCC2)s1. The third-order valence-electron chi connectivity index (χ3n) is 2.87. The summed E-state index contributed by atoms with van der Waals surface area (Å²) in [6, 6.07) is 3.78. The first-order chi connectivity index (χ1) is 7.66. The largest absolute Gasteiger partial charge is 0.349 e. The molecule has 0 radical (unpaired) electrons. The smallest absolute Gasteiger partial charge is 0.261 e. The van der Waals surface area contributed by atoms with Gasteiger partial charge in [0.05, 0.1) is 9.75 Å². The number of Topliss-reactive ketones (excluding diaryl/α,β-unsaturated/α-hetero) is 1. The first kappa shape index (κ1) is 11.3. The highest BCUT2D eigenvalue weighted by molar-refractivity contribution is 7.15. The summed E-state index contributed by atoms with van der Waals surface area (Å²) >= 11 is 1.27. The highest BCUT2D eigenvalue weighted by atomic mass is 32.1. The summed E-state index contributed by atoms with van der Waals surface area (Å²) in [6.07, 6.45) is 4.57. The van der Waals surface area contributed by atoms with Crippen LogP contribution in [0.4, 0.5) is 0 Å². The number of ketones is 1. The minimum Gasteiger partial charge on any atom is -0.349 e. The molecule has 4 heteroatoms. The van der Waals surface area contributed by atoms with Gasteiger partial charge in [-0.05, 0) is 31.9 Å². The Kier molecular flexibility index (Phi) is 3.39. The van der Waals surface area contributed by atoms with Gasteiger partial charge in [0, 0.05) is 6.04 Å². The summed E-state index contributed by atoms with van der Waals surface area (Å²) < 4.78 is 0. The van der Waals surface area contributed by atoms with Crippen molar-refractivity contribution in [2.45, 2.75) is 38.6 Å². The normalized spacial score (nSPS) is 16.3. The van der Waals surface area contributed by atoms with E-state index >= 15 is 0 Å². The van der Waals surface area contributed by atoms with E-state index in [2.05, 4.69) is 5.32 Å². The van der Waals surface area contributed by atoms with E-state index in [0.29, 0.717) is 15.8 Å². The molecule has 0 atom stereocenters. The second-order valence-corrected chi connectivity index (χ2v) is 5.26. The molecule has 2 rings (SSSR count). The molecule has 0 saturated heterocycles. The van der Waals surface area contributed by atoms with Crippen molar-refractivity contribution >= 4 is 23.0 Å². The van der Waals surface area contributed by atoms with Crippen LogP contribution in [0.2, 0.25) is 0 Å². The Morgan fingerprint density at radius 3 is 2.44 bits per heavy atom. The van der Waals surface area contributed by atoms with E-state index in [1.165, 1.54) is 31.1 Å². The van der Waals surface area contributed by atoms with Crippen molar-refractivity contribution in [1.29, 1.82) is 0 Å². The van der Waals surface area contributed by atoms with Crippen LogP contribution < -0.4 is 5.32 Å². The summed E-state index contributed by atoms with van der Waals surface area (Å²) in [5.41, 5.74) is 0. The number of carbonyl (C=O) groups excluding carboxylic acids is 2. The Bertz CT molecular complexity index is 405. The number of carbonyl (C=O) groups is 2. The zero-order chi connectivity index (χ0) is 11.5. The molecular formula is C12H15NO2S. The van der Waals surface area contributed by atoms with Gasteiger partial charge in [-0.15, -0.1) is 11.3 Å². The van der Waals surface area contributed by atoms with Gasteiger partial charge in [0.15, 0.2) is 5.78 Å². The molecule has 1 aromatic heterocycles. The van der Waals surface area contributed by atoms with Crippen LogP contribution in [-0.2, 0) is 0 Å². The summed E-state index contributed by atoms with van der Waals surface area (Å²) in [4.78, 5) is 24.2. The Morgan fingerprint density at radius 2 is 1.88 bits per heavy atom. The third kappa shape index (κ3) is 2.50. The van der Waals surface area contributed by atoms with Crippen LogP contribution in [-0.4, -0.2) is 17.7 Å². The molecule has 1 fully saturated rings. The first-order valence-electron chi connectivity index (χ1n) is 5.58. The summed E-state index contributed by atoms with van der Waals surface area (Å²) in [5, 5.41) is 3.01. The molecule has 0 aromatic carbocycles. The van der Waals surface area contributed by atoms with Crippen LogP contribution in [0.3, 0.4) is 0 Å². The van der Waals surface area contributed by atoms with Gasteiger partial charge in [-0.1, -0.05) is 12.8 Å². The fourth-order valence-corrected chi connectivity index (χ4v) is 2.78. The van der Waals surface area contributed by atoms with Gasteiger partial charge in [0.1, 0.15) is 0 Å². The topological polar surface area (TPSA) is 46.2 Å². The van der Waals surface area contributed by atoms with Crippen molar-refractivity contribution in [3.63, 3.8) is 0 Å². The Balaban J connectivity index is 1.99. The van der Waals surface area contributed by atoms with E-state index in [4.69, 9.17) is 0 Å². The number of hydrogen-bond donors (Lipinski definition) is 1. The highest BCUT2D eigenvalue weighted by Crippen LogP contribution is 2.20. The summed E-state index contributed by atoms with van der Waals surface area (Å²) in [5.74, 6) is -0.0192. The lowest BCUT2D eigenvalue weighted by molar-refractivity contribution is 0.0941. The lowest BCUT2D eigenvalue weighted by atomic mass is 10.2. The molecular weight excluding hydrogens is 222 g/mol. The molecule has 1 N–H and O–H groups in total. The van der Waals surface area contributed by atoms with Crippen molar-refractivity contribution in [3.8, 4) is 0 Å². The van der Waals surface area contributed by atoms with Gasteiger partial charge >= 0.3 is 0 Å².